The summed E-state index contributed by atoms with van der Waals surface area (Å²) in [6.45, 7) is 4.76. The lowest BCUT2D eigenvalue weighted by Gasteiger charge is -2.38. The van der Waals surface area contributed by atoms with Crippen LogP contribution in [0.1, 0.15) is 48.9 Å². The maximum absolute atomic E-state index is 13.3. The van der Waals surface area contributed by atoms with Gasteiger partial charge in [-0.3, -0.25) is 0 Å². The van der Waals surface area contributed by atoms with E-state index in [4.69, 9.17) is 12.2 Å². The fourth-order valence-electron chi connectivity index (χ4n) is 3.91. The molecule has 3 nitrogen and oxygen atoms in total. The molecule has 0 unspecified atom stereocenters. The SMILES string of the molecule is Cc1cc(C)nc(NC(=S)NCC2(c3ccc(F)cc3)CCCCC2)c1. The molecule has 1 saturated carbocycles. The number of nitrogens with one attached hydrogen (secondary N) is 2. The van der Waals surface area contributed by atoms with Gasteiger partial charge >= 0.3 is 0 Å². The Morgan fingerprint density at radius 2 is 1.81 bits per heavy atom. The summed E-state index contributed by atoms with van der Waals surface area (Å²) in [6, 6.07) is 11.0. The summed E-state index contributed by atoms with van der Waals surface area (Å²) in [7, 11) is 0. The second kappa shape index (κ2) is 8.12. The number of benzene rings is 1. The highest BCUT2D eigenvalue weighted by Gasteiger charge is 2.34. The number of halogens is 1. The normalized spacial score (nSPS) is 16.1. The number of hydrogen-bond acceptors (Lipinski definition) is 2. The minimum Gasteiger partial charge on any atom is -0.362 e. The Bertz CT molecular complexity index is 747. The van der Waals surface area contributed by atoms with Crippen LogP contribution in [-0.2, 0) is 5.41 Å². The van der Waals surface area contributed by atoms with Crippen LogP contribution >= 0.6 is 12.2 Å². The Kier molecular flexibility index (Phi) is 5.87. The molecule has 0 bridgehead atoms. The molecule has 0 radical (unpaired) electrons. The van der Waals surface area contributed by atoms with Gasteiger partial charge in [0.25, 0.3) is 0 Å². The number of aryl methyl sites for hydroxylation is 2. The Labute approximate surface area is 160 Å². The molecule has 0 spiro atoms. The predicted molar refractivity (Wildman–Crippen MR) is 109 cm³/mol. The molecular formula is C21H26FN3S. The van der Waals surface area contributed by atoms with E-state index in [1.807, 2.05) is 38.1 Å². The zero-order valence-corrected chi connectivity index (χ0v) is 16.3. The molecule has 1 aliphatic rings. The van der Waals surface area contributed by atoms with Crippen LogP contribution in [0.3, 0.4) is 0 Å². The van der Waals surface area contributed by atoms with Crippen LogP contribution in [0.5, 0.6) is 0 Å². The van der Waals surface area contributed by atoms with Crippen LogP contribution in [-0.4, -0.2) is 16.6 Å². The second-order valence-corrected chi connectivity index (χ2v) is 7.73. The van der Waals surface area contributed by atoms with E-state index in [9.17, 15) is 4.39 Å². The number of nitrogens with zero attached hydrogens (tertiary/aromatic N) is 1. The monoisotopic (exact) mass is 371 g/mol. The third kappa shape index (κ3) is 4.58. The van der Waals surface area contributed by atoms with E-state index in [-0.39, 0.29) is 11.2 Å². The summed E-state index contributed by atoms with van der Waals surface area (Å²) in [5.74, 6) is 0.574. The standard InChI is InChI=1S/C21H26FN3S/c1-15-12-16(2)24-19(13-15)25-20(26)23-14-21(10-4-3-5-11-21)17-6-8-18(22)9-7-17/h6-9,12-13H,3-5,10-11,14H2,1-2H3,(H2,23,24,25,26). The van der Waals surface area contributed by atoms with Gasteiger partial charge in [0.15, 0.2) is 5.11 Å². The highest BCUT2D eigenvalue weighted by atomic mass is 32.1. The van der Waals surface area contributed by atoms with Gasteiger partial charge in [0.1, 0.15) is 11.6 Å². The van der Waals surface area contributed by atoms with Crippen LogP contribution in [0.15, 0.2) is 36.4 Å². The van der Waals surface area contributed by atoms with E-state index in [2.05, 4.69) is 15.6 Å². The summed E-state index contributed by atoms with van der Waals surface area (Å²) in [5.41, 5.74) is 3.31. The van der Waals surface area contributed by atoms with Crippen molar-refractivity contribution in [2.75, 3.05) is 11.9 Å². The van der Waals surface area contributed by atoms with E-state index in [1.165, 1.54) is 24.8 Å². The van der Waals surface area contributed by atoms with Crippen LogP contribution in [0.2, 0.25) is 0 Å². The van der Waals surface area contributed by atoms with Crippen molar-refractivity contribution < 1.29 is 4.39 Å². The molecule has 1 aliphatic carbocycles. The van der Waals surface area contributed by atoms with Crippen LogP contribution < -0.4 is 10.6 Å². The molecule has 5 heteroatoms. The first kappa shape index (κ1) is 18.8. The Morgan fingerprint density at radius 1 is 1.12 bits per heavy atom. The lowest BCUT2D eigenvalue weighted by Crippen LogP contribution is -2.43. The third-order valence-electron chi connectivity index (χ3n) is 5.19. The molecular weight excluding hydrogens is 345 g/mol. The molecule has 138 valence electrons. The van der Waals surface area contributed by atoms with Crippen LogP contribution in [0.25, 0.3) is 0 Å². The molecule has 0 aliphatic heterocycles. The van der Waals surface area contributed by atoms with Gasteiger partial charge in [-0.25, -0.2) is 9.37 Å². The van der Waals surface area contributed by atoms with Gasteiger partial charge in [-0.05, 0) is 74.3 Å². The highest BCUT2D eigenvalue weighted by Crippen LogP contribution is 2.39. The lowest BCUT2D eigenvalue weighted by atomic mass is 9.69. The highest BCUT2D eigenvalue weighted by molar-refractivity contribution is 7.80. The molecule has 1 fully saturated rings. The molecule has 3 rings (SSSR count). The summed E-state index contributed by atoms with van der Waals surface area (Å²) in [6.07, 6.45) is 5.83. The van der Waals surface area contributed by atoms with Gasteiger partial charge in [-0.15, -0.1) is 0 Å². The predicted octanol–water partition coefficient (Wildman–Crippen LogP) is 5.03. The molecule has 0 amide bonds. The van der Waals surface area contributed by atoms with Crippen molar-refractivity contribution in [2.24, 2.45) is 0 Å². The van der Waals surface area contributed by atoms with E-state index in [1.54, 1.807) is 12.1 Å². The Morgan fingerprint density at radius 3 is 2.46 bits per heavy atom. The van der Waals surface area contributed by atoms with Crippen molar-refractivity contribution in [3.63, 3.8) is 0 Å². The minimum atomic E-state index is -0.189. The summed E-state index contributed by atoms with van der Waals surface area (Å²) in [5, 5.41) is 7.15. The van der Waals surface area contributed by atoms with Gasteiger partial charge < -0.3 is 10.6 Å². The maximum Gasteiger partial charge on any atom is 0.171 e. The molecule has 26 heavy (non-hydrogen) atoms. The largest absolute Gasteiger partial charge is 0.362 e. The van der Waals surface area contributed by atoms with E-state index in [0.717, 1.165) is 36.5 Å². The molecule has 2 aromatic rings. The zero-order chi connectivity index (χ0) is 18.6. The molecule has 2 N–H and O–H groups in total. The first-order chi connectivity index (χ1) is 12.5. The quantitative estimate of drug-likeness (QED) is 0.740. The first-order valence-corrected chi connectivity index (χ1v) is 9.64. The lowest BCUT2D eigenvalue weighted by molar-refractivity contribution is 0.292. The average Bonchev–Trinajstić information content (AvgIpc) is 2.60. The van der Waals surface area contributed by atoms with Crippen molar-refractivity contribution in [3.8, 4) is 0 Å². The van der Waals surface area contributed by atoms with Crippen LogP contribution in [0.4, 0.5) is 10.2 Å². The van der Waals surface area contributed by atoms with Crippen molar-refractivity contribution in [2.45, 2.75) is 51.4 Å². The number of anilines is 1. The third-order valence-corrected chi connectivity index (χ3v) is 5.44. The molecule has 0 saturated heterocycles. The smallest absolute Gasteiger partial charge is 0.171 e. The molecule has 1 aromatic carbocycles. The fraction of sp³-hybridized carbons (Fsp3) is 0.429. The second-order valence-electron chi connectivity index (χ2n) is 7.33. The molecule has 1 aromatic heterocycles. The van der Waals surface area contributed by atoms with E-state index in [0.29, 0.717) is 5.11 Å². The van der Waals surface area contributed by atoms with Crippen molar-refractivity contribution in [1.29, 1.82) is 0 Å². The van der Waals surface area contributed by atoms with Crippen molar-refractivity contribution in [3.05, 3.63) is 59.0 Å². The summed E-state index contributed by atoms with van der Waals surface area (Å²) in [4.78, 5) is 4.47. The van der Waals surface area contributed by atoms with Crippen LogP contribution in [0, 0.1) is 19.7 Å². The van der Waals surface area contributed by atoms with E-state index >= 15 is 0 Å². The minimum absolute atomic E-state index is 0.00758. The van der Waals surface area contributed by atoms with Crippen molar-refractivity contribution >= 4 is 23.1 Å². The number of pyridine rings is 1. The molecule has 1 heterocycles. The summed E-state index contributed by atoms with van der Waals surface area (Å²) < 4.78 is 13.3. The zero-order valence-electron chi connectivity index (χ0n) is 15.4. The van der Waals surface area contributed by atoms with Gasteiger partial charge in [0, 0.05) is 17.7 Å². The topological polar surface area (TPSA) is 37.0 Å². The van der Waals surface area contributed by atoms with Gasteiger partial charge in [-0.2, -0.15) is 0 Å². The number of hydrogen-bond donors (Lipinski definition) is 2. The Balaban J connectivity index is 1.69. The summed E-state index contributed by atoms with van der Waals surface area (Å²) >= 11 is 5.49. The number of aromatic nitrogens is 1. The Hall–Kier alpha value is -2.01. The van der Waals surface area contributed by atoms with Crippen molar-refractivity contribution in [1.82, 2.24) is 10.3 Å². The number of rotatable bonds is 4. The molecule has 0 atom stereocenters. The average molecular weight is 372 g/mol. The maximum atomic E-state index is 13.3. The fourth-order valence-corrected chi connectivity index (χ4v) is 4.09. The number of thiocarbonyl (C=S) groups is 1. The first-order valence-electron chi connectivity index (χ1n) is 9.23. The van der Waals surface area contributed by atoms with Gasteiger partial charge in [0.2, 0.25) is 0 Å². The van der Waals surface area contributed by atoms with E-state index < -0.39 is 0 Å². The van der Waals surface area contributed by atoms with Gasteiger partial charge in [0.05, 0.1) is 0 Å². The van der Waals surface area contributed by atoms with Gasteiger partial charge in [-0.1, -0.05) is 31.4 Å².